The van der Waals surface area contributed by atoms with Crippen LogP contribution in [0.1, 0.15) is 50.8 Å². The first-order valence-electron chi connectivity index (χ1n) is 8.45. The molecule has 2 aromatic rings. The Balaban J connectivity index is 1.77. The summed E-state index contributed by atoms with van der Waals surface area (Å²) in [6.07, 6.45) is 8.64. The fourth-order valence-electron chi connectivity index (χ4n) is 3.11. The lowest BCUT2D eigenvalue weighted by Gasteiger charge is -2.23. The summed E-state index contributed by atoms with van der Waals surface area (Å²) in [4.78, 5) is 35.6. The van der Waals surface area contributed by atoms with E-state index in [1.165, 1.54) is 12.5 Å². The largest absolute Gasteiger partial charge is 0.348 e. The van der Waals surface area contributed by atoms with Gasteiger partial charge in [0, 0.05) is 29.9 Å². The van der Waals surface area contributed by atoms with Crippen LogP contribution in [0, 0.1) is 5.92 Å². The molecule has 0 bridgehead atoms. The van der Waals surface area contributed by atoms with Crippen LogP contribution in [0.25, 0.3) is 11.4 Å². The van der Waals surface area contributed by atoms with Crippen LogP contribution >= 0.6 is 0 Å². The monoisotopic (exact) mass is 326 g/mol. The van der Waals surface area contributed by atoms with Crippen LogP contribution in [0.15, 0.2) is 35.4 Å². The van der Waals surface area contributed by atoms with Gasteiger partial charge in [-0.25, -0.2) is 4.98 Å². The van der Waals surface area contributed by atoms with Crippen molar-refractivity contribution < 1.29 is 4.79 Å². The average Bonchev–Trinajstić information content (AvgIpc) is 2.62. The molecule has 0 saturated heterocycles. The number of H-pyrrole nitrogens is 1. The number of amides is 1. The topological polar surface area (TPSA) is 87.7 Å². The Morgan fingerprint density at radius 2 is 2.12 bits per heavy atom. The van der Waals surface area contributed by atoms with E-state index in [4.69, 9.17) is 0 Å². The first-order chi connectivity index (χ1) is 11.6. The molecule has 6 heteroatoms. The molecule has 0 aromatic carbocycles. The van der Waals surface area contributed by atoms with Crippen molar-refractivity contribution in [1.82, 2.24) is 20.3 Å². The average molecular weight is 326 g/mol. The number of nitrogens with one attached hydrogen (secondary N) is 2. The molecule has 1 amide bonds. The van der Waals surface area contributed by atoms with Gasteiger partial charge in [-0.1, -0.05) is 19.3 Å². The van der Waals surface area contributed by atoms with E-state index in [1.807, 2.05) is 13.0 Å². The molecule has 2 heterocycles. The number of aromatic amines is 1. The Bertz CT molecular complexity index is 751. The van der Waals surface area contributed by atoms with E-state index < -0.39 is 0 Å². The highest BCUT2D eigenvalue weighted by atomic mass is 16.2. The summed E-state index contributed by atoms with van der Waals surface area (Å²) in [5.74, 6) is 0.609. The van der Waals surface area contributed by atoms with Gasteiger partial charge in [0.25, 0.3) is 5.56 Å². The number of hydrogen-bond donors (Lipinski definition) is 2. The zero-order valence-electron chi connectivity index (χ0n) is 13.8. The maximum absolute atomic E-state index is 12.4. The van der Waals surface area contributed by atoms with Crippen molar-refractivity contribution in [3.63, 3.8) is 0 Å². The highest BCUT2D eigenvalue weighted by molar-refractivity contribution is 5.79. The van der Waals surface area contributed by atoms with Gasteiger partial charge in [-0.2, -0.15) is 0 Å². The molecule has 0 unspecified atom stereocenters. The number of nitrogens with zero attached hydrogens (tertiary/aromatic N) is 2. The molecule has 0 aliphatic heterocycles. The van der Waals surface area contributed by atoms with Gasteiger partial charge in [-0.3, -0.25) is 14.6 Å². The van der Waals surface area contributed by atoms with E-state index in [1.54, 1.807) is 18.5 Å². The molecule has 1 fully saturated rings. The Morgan fingerprint density at radius 3 is 2.83 bits per heavy atom. The molecular weight excluding hydrogens is 304 g/mol. The fourth-order valence-corrected chi connectivity index (χ4v) is 3.11. The van der Waals surface area contributed by atoms with Gasteiger partial charge >= 0.3 is 0 Å². The minimum atomic E-state index is -0.308. The predicted octanol–water partition coefficient (Wildman–Crippen LogP) is 2.59. The van der Waals surface area contributed by atoms with E-state index in [0.717, 1.165) is 31.2 Å². The van der Waals surface area contributed by atoms with Gasteiger partial charge in [0.2, 0.25) is 5.91 Å². The van der Waals surface area contributed by atoms with Crippen molar-refractivity contribution in [3.05, 3.63) is 46.6 Å². The lowest BCUT2D eigenvalue weighted by atomic mass is 9.88. The lowest BCUT2D eigenvalue weighted by Crippen LogP contribution is -2.34. The van der Waals surface area contributed by atoms with Crippen molar-refractivity contribution in [2.24, 2.45) is 5.92 Å². The van der Waals surface area contributed by atoms with Crippen molar-refractivity contribution in [3.8, 4) is 11.4 Å². The number of carbonyl (C=O) groups excluding carboxylic acids is 1. The molecule has 2 N–H and O–H groups in total. The normalized spacial score (nSPS) is 16.5. The number of carbonyl (C=O) groups is 1. The molecule has 0 spiro atoms. The quantitative estimate of drug-likeness (QED) is 0.904. The lowest BCUT2D eigenvalue weighted by molar-refractivity contribution is -0.126. The first-order valence-corrected chi connectivity index (χ1v) is 8.45. The summed E-state index contributed by atoms with van der Waals surface area (Å²) < 4.78 is 0. The van der Waals surface area contributed by atoms with Crippen LogP contribution in [-0.4, -0.2) is 20.9 Å². The maximum atomic E-state index is 12.4. The minimum Gasteiger partial charge on any atom is -0.348 e. The summed E-state index contributed by atoms with van der Waals surface area (Å²) in [5.41, 5.74) is 1.06. The third kappa shape index (κ3) is 3.88. The van der Waals surface area contributed by atoms with Crippen LogP contribution < -0.4 is 10.9 Å². The Labute approximate surface area is 140 Å². The van der Waals surface area contributed by atoms with Crippen LogP contribution in [0.4, 0.5) is 0 Å². The third-order valence-electron chi connectivity index (χ3n) is 4.47. The molecule has 126 valence electrons. The third-order valence-corrected chi connectivity index (χ3v) is 4.47. The van der Waals surface area contributed by atoms with E-state index in [9.17, 15) is 9.59 Å². The van der Waals surface area contributed by atoms with Crippen molar-refractivity contribution >= 4 is 5.91 Å². The molecule has 1 saturated carbocycles. The summed E-state index contributed by atoms with van der Waals surface area (Å²) in [6.45, 7) is 1.86. The second-order valence-electron chi connectivity index (χ2n) is 6.33. The molecule has 3 rings (SSSR count). The Kier molecular flexibility index (Phi) is 5.03. The minimum absolute atomic E-state index is 0.0622. The number of pyridine rings is 1. The molecule has 1 aliphatic carbocycles. The van der Waals surface area contributed by atoms with Crippen molar-refractivity contribution in [2.75, 3.05) is 0 Å². The van der Waals surface area contributed by atoms with Crippen molar-refractivity contribution in [2.45, 2.75) is 45.1 Å². The first kappa shape index (κ1) is 16.4. The van der Waals surface area contributed by atoms with Crippen LogP contribution in [0.3, 0.4) is 0 Å². The fraction of sp³-hybridized carbons (Fsp3) is 0.444. The van der Waals surface area contributed by atoms with E-state index in [-0.39, 0.29) is 23.4 Å². The number of rotatable bonds is 4. The smallest absolute Gasteiger partial charge is 0.251 e. The Morgan fingerprint density at radius 1 is 1.33 bits per heavy atom. The standard InChI is InChI=1S/C18H22N4O2/c1-12(20-18(24)13-6-3-2-4-7-13)15-10-16(23)22-17(21-15)14-8-5-9-19-11-14/h5,8-13H,2-4,6-7H2,1H3,(H,20,24)(H,21,22,23)/t12-/m0/s1. The second-order valence-corrected chi connectivity index (χ2v) is 6.33. The van der Waals surface area contributed by atoms with E-state index in [0.29, 0.717) is 11.5 Å². The molecular formula is C18H22N4O2. The number of hydrogen-bond acceptors (Lipinski definition) is 4. The van der Waals surface area contributed by atoms with Gasteiger partial charge in [0.15, 0.2) is 0 Å². The second kappa shape index (κ2) is 7.38. The maximum Gasteiger partial charge on any atom is 0.251 e. The van der Waals surface area contributed by atoms with E-state index in [2.05, 4.69) is 20.3 Å². The SMILES string of the molecule is C[C@H](NC(=O)C1CCCCC1)c1cc(=O)[nH]c(-c2cccnc2)n1. The highest BCUT2D eigenvalue weighted by Crippen LogP contribution is 2.24. The zero-order chi connectivity index (χ0) is 16.9. The van der Waals surface area contributed by atoms with Crippen LogP contribution in [-0.2, 0) is 4.79 Å². The molecule has 1 aliphatic rings. The van der Waals surface area contributed by atoms with Crippen molar-refractivity contribution in [1.29, 1.82) is 0 Å². The van der Waals surface area contributed by atoms with E-state index >= 15 is 0 Å². The summed E-state index contributed by atoms with van der Waals surface area (Å²) in [5, 5.41) is 3.00. The van der Waals surface area contributed by atoms with Crippen LogP contribution in [0.2, 0.25) is 0 Å². The zero-order valence-corrected chi connectivity index (χ0v) is 13.8. The molecule has 6 nitrogen and oxygen atoms in total. The summed E-state index contributed by atoms with van der Waals surface area (Å²) >= 11 is 0. The van der Waals surface area contributed by atoms with Gasteiger partial charge in [0.05, 0.1) is 11.7 Å². The van der Waals surface area contributed by atoms with Crippen LogP contribution in [0.5, 0.6) is 0 Å². The van der Waals surface area contributed by atoms with Gasteiger partial charge in [0.1, 0.15) is 5.82 Å². The van der Waals surface area contributed by atoms with Gasteiger partial charge in [-0.15, -0.1) is 0 Å². The molecule has 2 aromatic heterocycles. The van der Waals surface area contributed by atoms with Gasteiger partial charge in [-0.05, 0) is 31.9 Å². The predicted molar refractivity (Wildman–Crippen MR) is 91.2 cm³/mol. The summed E-state index contributed by atoms with van der Waals surface area (Å²) in [7, 11) is 0. The number of aromatic nitrogens is 3. The summed E-state index contributed by atoms with van der Waals surface area (Å²) in [6, 6.07) is 4.75. The Hall–Kier alpha value is -2.50. The molecule has 0 radical (unpaired) electrons. The highest BCUT2D eigenvalue weighted by Gasteiger charge is 2.23. The molecule has 24 heavy (non-hydrogen) atoms. The molecule has 1 atom stereocenters. The van der Waals surface area contributed by atoms with Gasteiger partial charge < -0.3 is 10.3 Å².